The van der Waals surface area contributed by atoms with Gasteiger partial charge in [-0.25, -0.2) is 24.0 Å². The van der Waals surface area contributed by atoms with E-state index in [0.29, 0.717) is 6.04 Å². The lowest BCUT2D eigenvalue weighted by Gasteiger charge is -2.48. The summed E-state index contributed by atoms with van der Waals surface area (Å²) in [5.41, 5.74) is -0.529. The van der Waals surface area contributed by atoms with E-state index in [1.807, 2.05) is 0 Å². The molecule has 75 heavy (non-hydrogen) atoms. The van der Waals surface area contributed by atoms with E-state index in [2.05, 4.69) is 19.6 Å². The van der Waals surface area contributed by atoms with Crippen molar-refractivity contribution < 1.29 is 81.2 Å². The van der Waals surface area contributed by atoms with Gasteiger partial charge in [-0.05, 0) is 87.5 Å². The molecule has 0 radical (unpaired) electrons. The molecule has 0 saturated carbocycles. The number of hydrogen-bond donors (Lipinski definition) is 1. The molecule has 0 aliphatic carbocycles. The highest BCUT2D eigenvalue weighted by Crippen LogP contribution is 2.36. The minimum absolute atomic E-state index is 0.0420. The van der Waals surface area contributed by atoms with E-state index in [4.69, 9.17) is 47.4 Å². The summed E-state index contributed by atoms with van der Waals surface area (Å²) in [6.07, 6.45) is -17.1. The van der Waals surface area contributed by atoms with Crippen molar-refractivity contribution in [1.82, 2.24) is 0 Å². The van der Waals surface area contributed by atoms with Crippen LogP contribution in [0.4, 0.5) is 0 Å². The van der Waals surface area contributed by atoms with Gasteiger partial charge in [-0.1, -0.05) is 111 Å². The number of carbonyl (C=O) groups excluding carboxylic acids is 6. The minimum Gasteiger partial charge on any atom is -0.462 e. The van der Waals surface area contributed by atoms with Gasteiger partial charge in [-0.2, -0.15) is 0 Å². The second kappa shape index (κ2) is 25.4. The van der Waals surface area contributed by atoms with Crippen LogP contribution in [-0.4, -0.2) is 130 Å². The van der Waals surface area contributed by atoms with Gasteiger partial charge in [0.05, 0.1) is 33.2 Å². The highest BCUT2D eigenvalue weighted by molar-refractivity contribution is 6.76. The van der Waals surface area contributed by atoms with Crippen LogP contribution in [0.1, 0.15) is 72.6 Å². The molecule has 0 aromatic heterocycles. The number of aliphatic hydroxyl groups is 1. The number of carbonyl (C=O) groups is 6. The first-order chi connectivity index (χ1) is 35.9. The molecule has 10 atom stereocenters. The molecule has 0 unspecified atom stereocenters. The maximum atomic E-state index is 14.3. The molecule has 2 saturated heterocycles. The Labute approximate surface area is 436 Å². The molecule has 2 aliphatic rings. The predicted octanol–water partition coefficient (Wildman–Crippen LogP) is 7.89. The summed E-state index contributed by atoms with van der Waals surface area (Å²) in [4.78, 5) is 83.6. The predicted molar refractivity (Wildman–Crippen MR) is 272 cm³/mol. The number of benzene rings is 5. The molecule has 5 aromatic rings. The van der Waals surface area contributed by atoms with Crippen molar-refractivity contribution in [3.05, 3.63) is 179 Å². The van der Waals surface area contributed by atoms with Crippen molar-refractivity contribution >= 4 is 43.9 Å². The van der Waals surface area contributed by atoms with Gasteiger partial charge >= 0.3 is 35.8 Å². The molecule has 0 spiro atoms. The van der Waals surface area contributed by atoms with E-state index >= 15 is 0 Å². The summed E-state index contributed by atoms with van der Waals surface area (Å²) in [6, 6.07) is 40.2. The van der Waals surface area contributed by atoms with Crippen LogP contribution in [0.2, 0.25) is 25.7 Å². The number of esters is 6. The fraction of sp³-hybridized carbons (Fsp3) is 0.368. The minimum atomic E-state index is -1.95. The van der Waals surface area contributed by atoms with Crippen molar-refractivity contribution in [2.24, 2.45) is 5.41 Å². The molecule has 2 aliphatic heterocycles. The number of rotatable bonds is 19. The van der Waals surface area contributed by atoms with Crippen LogP contribution in [0.15, 0.2) is 152 Å². The Kier molecular flexibility index (Phi) is 18.9. The molecule has 0 amide bonds. The van der Waals surface area contributed by atoms with Crippen LogP contribution < -0.4 is 0 Å². The molecule has 17 nitrogen and oxygen atoms in total. The Morgan fingerprint density at radius 1 is 0.467 bits per heavy atom. The van der Waals surface area contributed by atoms with Crippen molar-refractivity contribution in [1.29, 1.82) is 0 Å². The number of hydrogen-bond acceptors (Lipinski definition) is 17. The van der Waals surface area contributed by atoms with Gasteiger partial charge in [0.2, 0.25) is 0 Å². The topological polar surface area (TPSA) is 215 Å². The van der Waals surface area contributed by atoms with Gasteiger partial charge in [-0.3, -0.25) is 4.79 Å². The Morgan fingerprint density at radius 2 is 0.827 bits per heavy atom. The molecule has 0 bridgehead atoms. The maximum Gasteiger partial charge on any atom is 0.338 e. The Bertz CT molecular complexity index is 2680. The van der Waals surface area contributed by atoms with E-state index in [1.54, 1.807) is 112 Å². The fourth-order valence-electron chi connectivity index (χ4n) is 7.87. The summed E-state index contributed by atoms with van der Waals surface area (Å²) in [5, 5.41) is 12.7. The van der Waals surface area contributed by atoms with Gasteiger partial charge in [-0.15, -0.1) is 0 Å². The molecular formula is C57H62O17Si. The lowest BCUT2D eigenvalue weighted by atomic mass is 9.95. The van der Waals surface area contributed by atoms with Crippen LogP contribution in [0.25, 0.3) is 0 Å². The van der Waals surface area contributed by atoms with Crippen molar-refractivity contribution in [2.75, 3.05) is 19.8 Å². The van der Waals surface area contributed by atoms with E-state index in [0.717, 1.165) is 0 Å². The molecular weight excluding hydrogens is 985 g/mol. The third-order valence-electron chi connectivity index (χ3n) is 12.0. The second-order valence-electron chi connectivity index (χ2n) is 20.1. The molecule has 1 N–H and O–H groups in total. The molecule has 5 aromatic carbocycles. The van der Waals surface area contributed by atoms with Crippen LogP contribution in [0.3, 0.4) is 0 Å². The first-order valence-corrected chi connectivity index (χ1v) is 28.3. The monoisotopic (exact) mass is 1050 g/mol. The largest absolute Gasteiger partial charge is 0.462 e. The number of aliphatic hydroxyl groups excluding tert-OH is 1. The Balaban J connectivity index is 1.35. The zero-order valence-corrected chi connectivity index (χ0v) is 43.5. The lowest BCUT2D eigenvalue weighted by Crippen LogP contribution is -2.67. The average Bonchev–Trinajstić information content (AvgIpc) is 3.41. The van der Waals surface area contributed by atoms with Gasteiger partial charge in [0.1, 0.15) is 37.6 Å². The summed E-state index contributed by atoms with van der Waals surface area (Å²) in [5.74, 6) is -5.15. The van der Waals surface area contributed by atoms with E-state index in [1.165, 1.54) is 60.7 Å². The Hall–Kier alpha value is -7.06. The van der Waals surface area contributed by atoms with E-state index in [-0.39, 0.29) is 34.4 Å². The first kappa shape index (κ1) is 55.7. The average molecular weight is 1050 g/mol. The summed E-state index contributed by atoms with van der Waals surface area (Å²) < 4.78 is 62.4. The standard InChI is InChI=1S/C57H62O17Si/c1-57(2,3)56(64)67-35-41-44(43(58)46(54(68-41)65-32-33-75(4,5)6)71-51(61)38-26-16-9-17-27-38)74-55-48(73-53(63)40-30-20-11-21-31-40)47(72-52(62)39-28-18-10-19-29-39)45(70-50(60)37-24-14-8-15-25-37)42(69-55)34-66-49(59)36-22-12-7-13-23-36/h7-31,41-48,54-55,58H,32-35H2,1-6H3/t41-,42-,43+,44-,45+,46-,47+,48-,54-,55+/m1/s1. The zero-order valence-electron chi connectivity index (χ0n) is 42.5. The van der Waals surface area contributed by atoms with Crippen molar-refractivity contribution in [3.8, 4) is 0 Å². The normalized spacial score (nSPS) is 23.7. The molecule has 2 fully saturated rings. The molecule has 2 heterocycles. The maximum absolute atomic E-state index is 14.3. The third-order valence-corrected chi connectivity index (χ3v) is 13.7. The summed E-state index contributed by atoms with van der Waals surface area (Å²) in [6.45, 7) is 10.2. The van der Waals surface area contributed by atoms with Crippen LogP contribution in [0, 0.1) is 5.41 Å². The van der Waals surface area contributed by atoms with Crippen LogP contribution in [-0.2, 0) is 52.2 Å². The fourth-order valence-corrected chi connectivity index (χ4v) is 8.60. The lowest BCUT2D eigenvalue weighted by molar-refractivity contribution is -0.357. The van der Waals surface area contributed by atoms with Crippen molar-refractivity contribution in [3.63, 3.8) is 0 Å². The number of ether oxygens (including phenoxy) is 10. The highest BCUT2D eigenvalue weighted by atomic mass is 28.3. The van der Waals surface area contributed by atoms with Gasteiger partial charge in [0, 0.05) is 14.7 Å². The SMILES string of the molecule is CC(C)(C)C(=O)OC[C@H]1O[C@@H](OCC[Si](C)(C)C)[C@H](OC(=O)c2ccccc2)[C@@H](O)[C@@H]1O[C@@H]1O[C@H](COC(=O)c2ccccc2)[C@H](OC(=O)c2ccccc2)[C@H](OC(=O)c2ccccc2)[C@H]1OC(=O)c1ccccc1. The second-order valence-corrected chi connectivity index (χ2v) is 25.7. The van der Waals surface area contributed by atoms with Crippen LogP contribution in [0.5, 0.6) is 0 Å². The zero-order chi connectivity index (χ0) is 53.7. The molecule has 7 rings (SSSR count). The van der Waals surface area contributed by atoms with Crippen molar-refractivity contribution in [2.45, 2.75) is 108 Å². The quantitative estimate of drug-likeness (QED) is 0.0473. The summed E-state index contributed by atoms with van der Waals surface area (Å²) in [7, 11) is -1.74. The van der Waals surface area contributed by atoms with Gasteiger partial charge < -0.3 is 52.5 Å². The van der Waals surface area contributed by atoms with Gasteiger partial charge in [0.25, 0.3) is 0 Å². The smallest absolute Gasteiger partial charge is 0.338 e. The molecule has 18 heteroatoms. The summed E-state index contributed by atoms with van der Waals surface area (Å²) >= 11 is 0. The molecule has 396 valence electrons. The van der Waals surface area contributed by atoms with Gasteiger partial charge in [0.15, 0.2) is 37.0 Å². The highest BCUT2D eigenvalue weighted by Gasteiger charge is 2.57. The van der Waals surface area contributed by atoms with E-state index < -0.39 is 124 Å². The third kappa shape index (κ3) is 15.3. The van der Waals surface area contributed by atoms with E-state index in [9.17, 15) is 33.9 Å². The Morgan fingerprint density at radius 3 is 1.25 bits per heavy atom. The van der Waals surface area contributed by atoms with Crippen LogP contribution >= 0.6 is 0 Å². The first-order valence-electron chi connectivity index (χ1n) is 24.6.